The van der Waals surface area contributed by atoms with Gasteiger partial charge in [-0.2, -0.15) is 13.2 Å². The fourth-order valence-corrected chi connectivity index (χ4v) is 2.28. The Bertz CT molecular complexity index is 518. The van der Waals surface area contributed by atoms with Crippen LogP contribution in [-0.4, -0.2) is 23.9 Å². The summed E-state index contributed by atoms with van der Waals surface area (Å²) in [6.45, 7) is 3.34. The van der Waals surface area contributed by atoms with Crippen LogP contribution in [0.4, 0.5) is 13.2 Å². The first-order valence-electron chi connectivity index (χ1n) is 6.59. The van der Waals surface area contributed by atoms with Crippen molar-refractivity contribution in [1.29, 1.82) is 0 Å². The van der Waals surface area contributed by atoms with Crippen LogP contribution in [0.15, 0.2) is 24.3 Å². The molecule has 2 nitrogen and oxygen atoms in total. The van der Waals surface area contributed by atoms with E-state index < -0.39 is 17.2 Å². The van der Waals surface area contributed by atoms with Crippen molar-refractivity contribution in [2.75, 3.05) is 7.05 Å². The molecular formula is C15H18F3NO. The molecule has 0 radical (unpaired) electrons. The van der Waals surface area contributed by atoms with E-state index >= 15 is 0 Å². The molecule has 1 aromatic carbocycles. The van der Waals surface area contributed by atoms with Gasteiger partial charge >= 0.3 is 6.18 Å². The lowest BCUT2D eigenvalue weighted by Crippen LogP contribution is -2.42. The number of halogens is 3. The van der Waals surface area contributed by atoms with E-state index in [4.69, 9.17) is 0 Å². The van der Waals surface area contributed by atoms with E-state index in [9.17, 15) is 18.0 Å². The van der Waals surface area contributed by atoms with Crippen LogP contribution < -0.4 is 0 Å². The zero-order valence-corrected chi connectivity index (χ0v) is 11.8. The van der Waals surface area contributed by atoms with E-state index in [1.807, 2.05) is 0 Å². The summed E-state index contributed by atoms with van der Waals surface area (Å²) < 4.78 is 38.3. The van der Waals surface area contributed by atoms with Crippen molar-refractivity contribution < 1.29 is 18.0 Å². The van der Waals surface area contributed by atoms with E-state index in [0.717, 1.165) is 25.0 Å². The highest BCUT2D eigenvalue weighted by Crippen LogP contribution is 2.35. The average molecular weight is 285 g/mol. The Hall–Kier alpha value is -1.52. The van der Waals surface area contributed by atoms with Gasteiger partial charge in [0, 0.05) is 13.1 Å². The minimum Gasteiger partial charge on any atom is -0.342 e. The third-order valence-electron chi connectivity index (χ3n) is 3.86. The molecular weight excluding hydrogens is 267 g/mol. The lowest BCUT2D eigenvalue weighted by Gasteiger charge is -2.30. The predicted molar refractivity (Wildman–Crippen MR) is 70.3 cm³/mol. The second-order valence-corrected chi connectivity index (χ2v) is 5.85. The molecule has 0 aliphatic heterocycles. The minimum absolute atomic E-state index is 0.140. The molecule has 5 heteroatoms. The van der Waals surface area contributed by atoms with Gasteiger partial charge in [-0.15, -0.1) is 0 Å². The number of nitrogens with zero attached hydrogens (tertiary/aromatic N) is 1. The molecule has 0 saturated heterocycles. The van der Waals surface area contributed by atoms with Crippen molar-refractivity contribution in [2.45, 2.75) is 44.3 Å². The minimum atomic E-state index is -4.39. The summed E-state index contributed by atoms with van der Waals surface area (Å²) in [7, 11) is 1.72. The molecule has 0 atom stereocenters. The lowest BCUT2D eigenvalue weighted by molar-refractivity contribution is -0.138. The zero-order chi connectivity index (χ0) is 15.1. The average Bonchev–Trinajstić information content (AvgIpc) is 3.20. The lowest BCUT2D eigenvalue weighted by atomic mass is 9.82. The first-order chi connectivity index (χ1) is 9.14. The van der Waals surface area contributed by atoms with Crippen LogP contribution in [0, 0.1) is 0 Å². The first-order valence-corrected chi connectivity index (χ1v) is 6.59. The number of alkyl halides is 3. The van der Waals surface area contributed by atoms with Gasteiger partial charge in [-0.1, -0.05) is 18.2 Å². The first kappa shape index (κ1) is 14.9. The smallest absolute Gasteiger partial charge is 0.342 e. The number of rotatable bonds is 3. The van der Waals surface area contributed by atoms with Crippen molar-refractivity contribution in [3.05, 3.63) is 35.4 Å². The summed E-state index contributed by atoms with van der Waals surface area (Å²) in [4.78, 5) is 14.1. The van der Waals surface area contributed by atoms with E-state index in [0.29, 0.717) is 5.56 Å². The predicted octanol–water partition coefficient (Wildman–Crippen LogP) is 3.60. The third-order valence-corrected chi connectivity index (χ3v) is 3.86. The highest BCUT2D eigenvalue weighted by molar-refractivity contribution is 5.87. The molecule has 2 rings (SSSR count). The Labute approximate surface area is 116 Å². The number of hydrogen-bond acceptors (Lipinski definition) is 1. The molecule has 1 amide bonds. The quantitative estimate of drug-likeness (QED) is 0.831. The third kappa shape index (κ3) is 2.81. The molecule has 0 unspecified atom stereocenters. The summed E-state index contributed by atoms with van der Waals surface area (Å²) in [6.07, 6.45) is -2.45. The summed E-state index contributed by atoms with van der Waals surface area (Å²) in [5, 5.41) is 0. The van der Waals surface area contributed by atoms with Gasteiger partial charge < -0.3 is 4.90 Å². The van der Waals surface area contributed by atoms with Crippen LogP contribution in [-0.2, 0) is 16.4 Å². The van der Waals surface area contributed by atoms with Crippen molar-refractivity contribution in [3.8, 4) is 0 Å². The molecule has 0 bridgehead atoms. The van der Waals surface area contributed by atoms with Gasteiger partial charge in [0.25, 0.3) is 0 Å². The maximum absolute atomic E-state index is 12.8. The topological polar surface area (TPSA) is 20.3 Å². The maximum Gasteiger partial charge on any atom is 0.416 e. The Morgan fingerprint density at radius 2 is 1.75 bits per heavy atom. The summed E-state index contributed by atoms with van der Waals surface area (Å²) in [5.74, 6) is -0.140. The van der Waals surface area contributed by atoms with Gasteiger partial charge in [0.1, 0.15) is 0 Å². The summed E-state index contributed by atoms with van der Waals surface area (Å²) in [5.41, 5.74) is -1.28. The van der Waals surface area contributed by atoms with Crippen LogP contribution in [0.3, 0.4) is 0 Å². The van der Waals surface area contributed by atoms with Crippen LogP contribution in [0.2, 0.25) is 0 Å². The molecule has 1 saturated carbocycles. The number of likely N-dealkylation sites (N-methyl/N-ethyl adjacent to an activating group) is 1. The molecule has 1 aromatic rings. The van der Waals surface area contributed by atoms with Crippen molar-refractivity contribution in [2.24, 2.45) is 0 Å². The van der Waals surface area contributed by atoms with Gasteiger partial charge in [-0.05, 0) is 38.3 Å². The Morgan fingerprint density at radius 3 is 2.25 bits per heavy atom. The number of carbonyl (C=O) groups is 1. The molecule has 1 aliphatic rings. The van der Waals surface area contributed by atoms with Crippen LogP contribution >= 0.6 is 0 Å². The second kappa shape index (κ2) is 4.79. The van der Waals surface area contributed by atoms with E-state index in [-0.39, 0.29) is 11.9 Å². The van der Waals surface area contributed by atoms with Gasteiger partial charge in [-0.25, -0.2) is 0 Å². The van der Waals surface area contributed by atoms with Gasteiger partial charge in [0.05, 0.1) is 11.0 Å². The van der Waals surface area contributed by atoms with Crippen molar-refractivity contribution in [3.63, 3.8) is 0 Å². The number of benzene rings is 1. The van der Waals surface area contributed by atoms with E-state index in [2.05, 4.69) is 0 Å². The highest BCUT2D eigenvalue weighted by atomic mass is 19.4. The fraction of sp³-hybridized carbons (Fsp3) is 0.533. The Balaban J connectivity index is 2.31. The molecule has 0 N–H and O–H groups in total. The standard InChI is InChI=1S/C15H18F3NO/c1-14(2,13(20)19(3)12-7-8-12)10-5-4-6-11(9-10)15(16,17)18/h4-6,9,12H,7-8H2,1-3H3. The van der Waals surface area contributed by atoms with Crippen LogP contribution in [0.1, 0.15) is 37.8 Å². The molecule has 0 aromatic heterocycles. The van der Waals surface area contributed by atoms with Crippen molar-refractivity contribution in [1.82, 2.24) is 4.90 Å². The normalized spacial score (nSPS) is 16.1. The van der Waals surface area contributed by atoms with Crippen LogP contribution in [0.5, 0.6) is 0 Å². The van der Waals surface area contributed by atoms with Gasteiger partial charge in [-0.3, -0.25) is 4.79 Å². The maximum atomic E-state index is 12.8. The Kier molecular flexibility index (Phi) is 3.56. The molecule has 0 heterocycles. The van der Waals surface area contributed by atoms with Crippen molar-refractivity contribution >= 4 is 5.91 Å². The largest absolute Gasteiger partial charge is 0.416 e. The molecule has 1 aliphatic carbocycles. The molecule has 1 fully saturated rings. The number of hydrogen-bond donors (Lipinski definition) is 0. The molecule has 110 valence electrons. The number of carbonyl (C=O) groups excluding carboxylic acids is 1. The molecule has 20 heavy (non-hydrogen) atoms. The summed E-state index contributed by atoms with van der Waals surface area (Å²) in [6, 6.07) is 5.26. The van der Waals surface area contributed by atoms with Crippen LogP contribution in [0.25, 0.3) is 0 Å². The molecule has 0 spiro atoms. The highest BCUT2D eigenvalue weighted by Gasteiger charge is 2.39. The second-order valence-electron chi connectivity index (χ2n) is 5.85. The van der Waals surface area contributed by atoms with E-state index in [1.165, 1.54) is 6.07 Å². The number of amides is 1. The van der Waals surface area contributed by atoms with E-state index in [1.54, 1.807) is 31.9 Å². The fourth-order valence-electron chi connectivity index (χ4n) is 2.28. The monoisotopic (exact) mass is 285 g/mol. The Morgan fingerprint density at radius 1 is 1.20 bits per heavy atom. The SMILES string of the molecule is CN(C(=O)C(C)(C)c1cccc(C(F)(F)F)c1)C1CC1. The summed E-state index contributed by atoms with van der Waals surface area (Å²) >= 11 is 0. The van der Waals surface area contributed by atoms with Gasteiger partial charge in [0.2, 0.25) is 5.91 Å². The van der Waals surface area contributed by atoms with Gasteiger partial charge in [0.15, 0.2) is 0 Å². The zero-order valence-electron chi connectivity index (χ0n) is 11.8.